The second kappa shape index (κ2) is 5.68. The minimum atomic E-state index is -0.384. The quantitative estimate of drug-likeness (QED) is 0.812. The van der Waals surface area contributed by atoms with Gasteiger partial charge in [-0.1, -0.05) is 6.07 Å². The molecule has 0 bridgehead atoms. The van der Waals surface area contributed by atoms with Gasteiger partial charge in [0.15, 0.2) is 11.6 Å². The fraction of sp³-hybridized carbons (Fsp3) is 0.455. The maximum absolute atomic E-state index is 13.4. The fourth-order valence-electron chi connectivity index (χ4n) is 1.36. The van der Waals surface area contributed by atoms with Crippen LogP contribution in [-0.2, 0) is 4.74 Å². The normalized spacial score (nSPS) is 12.5. The van der Waals surface area contributed by atoms with Crippen LogP contribution >= 0.6 is 0 Å². The lowest BCUT2D eigenvalue weighted by Crippen LogP contribution is -2.14. The molecular formula is C11H16FNO2. The average Bonchev–Trinajstić information content (AvgIpc) is 2.24. The van der Waals surface area contributed by atoms with Gasteiger partial charge in [-0.2, -0.15) is 0 Å². The van der Waals surface area contributed by atoms with Crippen LogP contribution < -0.4 is 10.5 Å². The van der Waals surface area contributed by atoms with Crippen LogP contribution in [0, 0.1) is 5.82 Å². The molecule has 1 unspecified atom stereocenters. The van der Waals surface area contributed by atoms with E-state index in [1.54, 1.807) is 19.2 Å². The number of nitrogens with two attached hydrogens (primary N) is 1. The van der Waals surface area contributed by atoms with Gasteiger partial charge in [0.2, 0.25) is 0 Å². The predicted octanol–water partition coefficient (Wildman–Crippen LogP) is 1.87. The zero-order chi connectivity index (χ0) is 11.3. The summed E-state index contributed by atoms with van der Waals surface area (Å²) in [5.41, 5.74) is 6.21. The molecule has 1 atom stereocenters. The molecule has 2 N–H and O–H groups in total. The SMILES string of the molecule is CCOc1ccc(C(CN)OC)cc1F. The van der Waals surface area contributed by atoms with Crippen LogP contribution in [-0.4, -0.2) is 20.3 Å². The molecule has 0 aliphatic rings. The maximum Gasteiger partial charge on any atom is 0.165 e. The Bertz CT molecular complexity index is 313. The molecule has 0 heterocycles. The van der Waals surface area contributed by atoms with Gasteiger partial charge in [0.25, 0.3) is 0 Å². The highest BCUT2D eigenvalue weighted by Gasteiger charge is 2.11. The molecular weight excluding hydrogens is 197 g/mol. The Labute approximate surface area is 89.0 Å². The first-order valence-corrected chi connectivity index (χ1v) is 4.88. The van der Waals surface area contributed by atoms with Gasteiger partial charge in [0.05, 0.1) is 12.7 Å². The average molecular weight is 213 g/mol. The highest BCUT2D eigenvalue weighted by atomic mass is 19.1. The summed E-state index contributed by atoms with van der Waals surface area (Å²) in [7, 11) is 1.55. The Hall–Kier alpha value is -1.13. The molecule has 1 rings (SSSR count). The van der Waals surface area contributed by atoms with E-state index in [2.05, 4.69) is 0 Å². The van der Waals surface area contributed by atoms with Crippen LogP contribution in [0.25, 0.3) is 0 Å². The van der Waals surface area contributed by atoms with Gasteiger partial charge in [-0.25, -0.2) is 4.39 Å². The van der Waals surface area contributed by atoms with E-state index in [1.165, 1.54) is 6.07 Å². The van der Waals surface area contributed by atoms with Gasteiger partial charge < -0.3 is 15.2 Å². The summed E-state index contributed by atoms with van der Waals surface area (Å²) >= 11 is 0. The molecule has 1 aromatic carbocycles. The molecule has 0 aliphatic carbocycles. The van der Waals surface area contributed by atoms with Crippen LogP contribution in [0.15, 0.2) is 18.2 Å². The molecule has 0 amide bonds. The van der Waals surface area contributed by atoms with Crippen molar-refractivity contribution in [2.45, 2.75) is 13.0 Å². The highest BCUT2D eigenvalue weighted by Crippen LogP contribution is 2.23. The molecule has 84 valence electrons. The molecule has 3 nitrogen and oxygen atoms in total. The molecule has 1 aromatic rings. The molecule has 0 spiro atoms. The zero-order valence-corrected chi connectivity index (χ0v) is 9.00. The number of halogens is 1. The summed E-state index contributed by atoms with van der Waals surface area (Å²) in [5.74, 6) is -0.127. The number of methoxy groups -OCH3 is 1. The molecule has 0 saturated heterocycles. The Kier molecular flexibility index (Phi) is 4.52. The first-order chi connectivity index (χ1) is 7.22. The van der Waals surface area contributed by atoms with Gasteiger partial charge in [-0.15, -0.1) is 0 Å². The van der Waals surface area contributed by atoms with Crippen LogP contribution in [0.4, 0.5) is 4.39 Å². The van der Waals surface area contributed by atoms with Gasteiger partial charge in [-0.05, 0) is 24.6 Å². The minimum absolute atomic E-state index is 0.258. The van der Waals surface area contributed by atoms with Gasteiger partial charge in [0.1, 0.15) is 0 Å². The smallest absolute Gasteiger partial charge is 0.165 e. The molecule has 0 saturated carbocycles. The molecule has 0 fully saturated rings. The summed E-state index contributed by atoms with van der Waals surface area (Å²) in [6, 6.07) is 4.75. The van der Waals surface area contributed by atoms with E-state index in [1.807, 2.05) is 6.92 Å². The van der Waals surface area contributed by atoms with Crippen LogP contribution in [0.1, 0.15) is 18.6 Å². The van der Waals surface area contributed by atoms with E-state index in [0.29, 0.717) is 13.2 Å². The van der Waals surface area contributed by atoms with Crippen LogP contribution in [0.2, 0.25) is 0 Å². The highest BCUT2D eigenvalue weighted by molar-refractivity contribution is 5.30. The summed E-state index contributed by atoms with van der Waals surface area (Å²) in [4.78, 5) is 0. The Morgan fingerprint density at radius 3 is 2.67 bits per heavy atom. The Morgan fingerprint density at radius 1 is 1.47 bits per heavy atom. The lowest BCUT2D eigenvalue weighted by molar-refractivity contribution is 0.110. The third-order valence-electron chi connectivity index (χ3n) is 2.13. The van der Waals surface area contributed by atoms with Crippen molar-refractivity contribution >= 4 is 0 Å². The van der Waals surface area contributed by atoms with Crippen molar-refractivity contribution in [2.24, 2.45) is 5.73 Å². The lowest BCUT2D eigenvalue weighted by atomic mass is 10.1. The van der Waals surface area contributed by atoms with E-state index in [0.717, 1.165) is 5.56 Å². The second-order valence-corrected chi connectivity index (χ2v) is 3.08. The van der Waals surface area contributed by atoms with Crippen molar-refractivity contribution in [3.8, 4) is 5.75 Å². The largest absolute Gasteiger partial charge is 0.491 e. The standard InChI is InChI=1S/C11H16FNO2/c1-3-15-10-5-4-8(6-9(10)12)11(7-13)14-2/h4-6,11H,3,7,13H2,1-2H3. The summed E-state index contributed by atoms with van der Waals surface area (Å²) in [6.07, 6.45) is -0.268. The number of hydrogen-bond donors (Lipinski definition) is 1. The van der Waals surface area contributed by atoms with E-state index < -0.39 is 0 Å². The van der Waals surface area contributed by atoms with Crippen molar-refractivity contribution in [3.63, 3.8) is 0 Å². The van der Waals surface area contributed by atoms with E-state index >= 15 is 0 Å². The zero-order valence-electron chi connectivity index (χ0n) is 9.00. The lowest BCUT2D eigenvalue weighted by Gasteiger charge is -2.14. The van der Waals surface area contributed by atoms with E-state index in [9.17, 15) is 4.39 Å². The predicted molar refractivity (Wildman–Crippen MR) is 56.4 cm³/mol. The maximum atomic E-state index is 13.4. The van der Waals surface area contributed by atoms with Crippen molar-refractivity contribution in [2.75, 3.05) is 20.3 Å². The Morgan fingerprint density at radius 2 is 2.20 bits per heavy atom. The second-order valence-electron chi connectivity index (χ2n) is 3.08. The van der Waals surface area contributed by atoms with Gasteiger partial charge in [0, 0.05) is 13.7 Å². The van der Waals surface area contributed by atoms with Crippen molar-refractivity contribution in [1.29, 1.82) is 0 Å². The summed E-state index contributed by atoms with van der Waals surface area (Å²) < 4.78 is 23.6. The monoisotopic (exact) mass is 213 g/mol. The number of hydrogen-bond acceptors (Lipinski definition) is 3. The van der Waals surface area contributed by atoms with Gasteiger partial charge >= 0.3 is 0 Å². The fourth-order valence-corrected chi connectivity index (χ4v) is 1.36. The Balaban J connectivity index is 2.89. The van der Waals surface area contributed by atoms with E-state index in [-0.39, 0.29) is 17.7 Å². The van der Waals surface area contributed by atoms with E-state index in [4.69, 9.17) is 15.2 Å². The first-order valence-electron chi connectivity index (χ1n) is 4.88. The molecule has 0 radical (unpaired) electrons. The molecule has 15 heavy (non-hydrogen) atoms. The van der Waals surface area contributed by atoms with Crippen LogP contribution in [0.5, 0.6) is 5.75 Å². The topological polar surface area (TPSA) is 44.5 Å². The minimum Gasteiger partial charge on any atom is -0.491 e. The van der Waals surface area contributed by atoms with Crippen LogP contribution in [0.3, 0.4) is 0 Å². The first kappa shape index (κ1) is 11.9. The number of ether oxygens (including phenoxy) is 2. The number of benzene rings is 1. The molecule has 0 aromatic heterocycles. The third kappa shape index (κ3) is 2.91. The van der Waals surface area contributed by atoms with Gasteiger partial charge in [-0.3, -0.25) is 0 Å². The molecule has 0 aliphatic heterocycles. The summed E-state index contributed by atoms with van der Waals surface area (Å²) in [6.45, 7) is 2.58. The number of rotatable bonds is 5. The van der Waals surface area contributed by atoms with Crippen molar-refractivity contribution in [1.82, 2.24) is 0 Å². The van der Waals surface area contributed by atoms with Crippen molar-refractivity contribution in [3.05, 3.63) is 29.6 Å². The third-order valence-corrected chi connectivity index (χ3v) is 2.13. The van der Waals surface area contributed by atoms with Crippen molar-refractivity contribution < 1.29 is 13.9 Å². The molecule has 4 heteroatoms. The summed E-state index contributed by atoms with van der Waals surface area (Å²) in [5, 5.41) is 0.